The maximum Gasteiger partial charge on any atom is 0.140 e. The smallest absolute Gasteiger partial charge is 0.140 e. The normalized spacial score (nSPS) is 12.0. The Kier molecular flexibility index (Phi) is 6.75. The number of aryl methyl sites for hydroxylation is 3. The highest BCUT2D eigenvalue weighted by Gasteiger charge is 2.12. The van der Waals surface area contributed by atoms with Gasteiger partial charge in [0.2, 0.25) is 0 Å². The van der Waals surface area contributed by atoms with Crippen LogP contribution in [-0.2, 0) is 14.1 Å². The van der Waals surface area contributed by atoms with E-state index in [0.29, 0.717) is 0 Å². The molecule has 0 amide bonds. The summed E-state index contributed by atoms with van der Waals surface area (Å²) in [7, 11) is 4.16. The Morgan fingerprint density at radius 2 is 1.09 bits per heavy atom. The Bertz CT molecular complexity index is 2120. The van der Waals surface area contributed by atoms with Gasteiger partial charge in [-0.2, -0.15) is 0 Å². The standard InChI is InChI=1S/C39H34N4/c1-5-27(28-16-20-30(21-17-28)38-40-34-10-6-8-12-36(34)42(38)3)24-33-25-32(15-14-26(33)2)29-18-22-31(23-19-29)39-41-35-11-7-9-13-37(35)43(39)4/h6-25H,5H2,1-4H3. The molecule has 0 N–H and O–H groups in total. The summed E-state index contributed by atoms with van der Waals surface area (Å²) in [4.78, 5) is 9.74. The van der Waals surface area contributed by atoms with Crippen molar-refractivity contribution >= 4 is 33.7 Å². The molecule has 0 saturated heterocycles. The summed E-state index contributed by atoms with van der Waals surface area (Å²) >= 11 is 0. The molecule has 4 heteroatoms. The Morgan fingerprint density at radius 3 is 1.63 bits per heavy atom. The van der Waals surface area contributed by atoms with Crippen LogP contribution in [0.5, 0.6) is 0 Å². The molecule has 4 nitrogen and oxygen atoms in total. The average molecular weight is 559 g/mol. The minimum Gasteiger partial charge on any atom is -0.327 e. The van der Waals surface area contributed by atoms with Gasteiger partial charge in [-0.15, -0.1) is 0 Å². The van der Waals surface area contributed by atoms with Crippen LogP contribution in [0.2, 0.25) is 0 Å². The zero-order chi connectivity index (χ0) is 29.5. The van der Waals surface area contributed by atoms with E-state index >= 15 is 0 Å². The highest BCUT2D eigenvalue weighted by atomic mass is 15.1. The lowest BCUT2D eigenvalue weighted by molar-refractivity contribution is 0.959. The topological polar surface area (TPSA) is 35.6 Å². The number of fused-ring (bicyclic) bond motifs is 2. The fraction of sp³-hybridized carbons (Fsp3) is 0.128. The van der Waals surface area contributed by atoms with Gasteiger partial charge in [0.25, 0.3) is 0 Å². The maximum absolute atomic E-state index is 4.88. The molecule has 0 radical (unpaired) electrons. The molecular weight excluding hydrogens is 524 g/mol. The molecule has 0 aliphatic carbocycles. The van der Waals surface area contributed by atoms with Crippen molar-refractivity contribution in [1.82, 2.24) is 19.1 Å². The van der Waals surface area contributed by atoms with Crippen molar-refractivity contribution in [3.8, 4) is 33.9 Å². The second kappa shape index (κ2) is 10.9. The quantitative estimate of drug-likeness (QED) is 0.190. The fourth-order valence-electron chi connectivity index (χ4n) is 6.01. The van der Waals surface area contributed by atoms with Gasteiger partial charge in [-0.05, 0) is 77.1 Å². The van der Waals surface area contributed by atoms with Gasteiger partial charge >= 0.3 is 0 Å². The fourth-order valence-corrected chi connectivity index (χ4v) is 6.01. The molecule has 0 fully saturated rings. The molecule has 7 rings (SSSR count). The van der Waals surface area contributed by atoms with Crippen LogP contribution in [-0.4, -0.2) is 19.1 Å². The summed E-state index contributed by atoms with van der Waals surface area (Å²) in [5.41, 5.74) is 14.0. The molecule has 0 saturated carbocycles. The van der Waals surface area contributed by atoms with E-state index < -0.39 is 0 Å². The predicted octanol–water partition coefficient (Wildman–Crippen LogP) is 9.72. The van der Waals surface area contributed by atoms with Gasteiger partial charge in [0, 0.05) is 25.2 Å². The van der Waals surface area contributed by atoms with E-state index in [1.165, 1.54) is 33.4 Å². The van der Waals surface area contributed by atoms with E-state index in [4.69, 9.17) is 9.97 Å². The SMILES string of the molecule is CCC(=Cc1cc(-c2ccc(-c3nc4ccccc4n3C)cc2)ccc1C)c1ccc(-c2nc3ccccc3n2C)cc1. The van der Waals surface area contributed by atoms with Crippen LogP contribution in [0.3, 0.4) is 0 Å². The predicted molar refractivity (Wildman–Crippen MR) is 181 cm³/mol. The Balaban J connectivity index is 1.17. The number of allylic oxidation sites excluding steroid dienone is 1. The first-order valence-corrected chi connectivity index (χ1v) is 14.9. The number of imidazole rings is 2. The number of aromatic nitrogens is 4. The van der Waals surface area contributed by atoms with Crippen molar-refractivity contribution < 1.29 is 0 Å². The lowest BCUT2D eigenvalue weighted by Crippen LogP contribution is -1.93. The largest absolute Gasteiger partial charge is 0.327 e. The summed E-state index contributed by atoms with van der Waals surface area (Å²) in [6, 6.07) is 40.9. The second-order valence-electron chi connectivity index (χ2n) is 11.2. The molecule has 7 aromatic rings. The minimum absolute atomic E-state index is 0.946. The van der Waals surface area contributed by atoms with Crippen molar-refractivity contribution in [3.05, 3.63) is 132 Å². The van der Waals surface area contributed by atoms with E-state index in [-0.39, 0.29) is 0 Å². The molecule has 0 bridgehead atoms. The van der Waals surface area contributed by atoms with Gasteiger partial charge in [0.15, 0.2) is 0 Å². The number of hydrogen-bond donors (Lipinski definition) is 0. The molecule has 2 aromatic heterocycles. The summed E-state index contributed by atoms with van der Waals surface area (Å²) in [5.74, 6) is 1.97. The van der Waals surface area contributed by atoms with Gasteiger partial charge in [-0.25, -0.2) is 9.97 Å². The van der Waals surface area contributed by atoms with Gasteiger partial charge in [0.1, 0.15) is 11.6 Å². The zero-order valence-electron chi connectivity index (χ0n) is 25.0. The van der Waals surface area contributed by atoms with Gasteiger partial charge < -0.3 is 9.13 Å². The monoisotopic (exact) mass is 558 g/mol. The Hall–Kier alpha value is -5.22. The number of rotatable bonds is 6. The van der Waals surface area contributed by atoms with Crippen molar-refractivity contribution in [1.29, 1.82) is 0 Å². The number of para-hydroxylation sites is 4. The van der Waals surface area contributed by atoms with E-state index in [9.17, 15) is 0 Å². The summed E-state index contributed by atoms with van der Waals surface area (Å²) in [6.07, 6.45) is 3.29. The van der Waals surface area contributed by atoms with Crippen LogP contribution < -0.4 is 0 Å². The first-order chi connectivity index (χ1) is 21.0. The van der Waals surface area contributed by atoms with E-state index in [1.807, 2.05) is 12.1 Å². The molecule has 0 atom stereocenters. The third-order valence-electron chi connectivity index (χ3n) is 8.55. The lowest BCUT2D eigenvalue weighted by atomic mass is 9.94. The van der Waals surface area contributed by atoms with Gasteiger partial charge in [0.05, 0.1) is 22.1 Å². The molecule has 43 heavy (non-hydrogen) atoms. The van der Waals surface area contributed by atoms with Crippen molar-refractivity contribution in [2.24, 2.45) is 14.1 Å². The summed E-state index contributed by atoms with van der Waals surface area (Å²) in [6.45, 7) is 4.41. The summed E-state index contributed by atoms with van der Waals surface area (Å²) in [5, 5.41) is 0. The lowest BCUT2D eigenvalue weighted by Gasteiger charge is -2.11. The van der Waals surface area contributed by atoms with Crippen LogP contribution in [0.4, 0.5) is 0 Å². The molecular formula is C39H34N4. The first-order valence-electron chi connectivity index (χ1n) is 14.9. The second-order valence-corrected chi connectivity index (χ2v) is 11.2. The third-order valence-corrected chi connectivity index (χ3v) is 8.55. The first kappa shape index (κ1) is 26.7. The number of hydrogen-bond acceptors (Lipinski definition) is 2. The Labute approximate surface area is 252 Å². The van der Waals surface area contributed by atoms with Crippen molar-refractivity contribution in [2.75, 3.05) is 0 Å². The number of nitrogens with zero attached hydrogens (tertiary/aromatic N) is 4. The van der Waals surface area contributed by atoms with Crippen LogP contribution in [0.1, 0.15) is 30.0 Å². The van der Waals surface area contributed by atoms with E-state index in [2.05, 4.69) is 146 Å². The molecule has 0 aliphatic heterocycles. The third kappa shape index (κ3) is 4.85. The highest BCUT2D eigenvalue weighted by molar-refractivity contribution is 5.86. The molecule has 2 heterocycles. The molecule has 210 valence electrons. The minimum atomic E-state index is 0.946. The van der Waals surface area contributed by atoms with Crippen molar-refractivity contribution in [2.45, 2.75) is 20.3 Å². The van der Waals surface area contributed by atoms with Gasteiger partial charge in [-0.3, -0.25) is 0 Å². The highest BCUT2D eigenvalue weighted by Crippen LogP contribution is 2.31. The summed E-state index contributed by atoms with van der Waals surface area (Å²) < 4.78 is 4.33. The molecule has 0 aliphatic rings. The average Bonchev–Trinajstić information content (AvgIpc) is 3.57. The van der Waals surface area contributed by atoms with Crippen LogP contribution in [0.15, 0.2) is 115 Å². The zero-order valence-corrected chi connectivity index (χ0v) is 25.0. The van der Waals surface area contributed by atoms with Crippen LogP contribution in [0.25, 0.3) is 67.6 Å². The van der Waals surface area contributed by atoms with Gasteiger partial charge in [-0.1, -0.05) is 97.9 Å². The molecule has 0 unspecified atom stereocenters. The number of benzene rings is 5. The van der Waals surface area contributed by atoms with Crippen LogP contribution >= 0.6 is 0 Å². The van der Waals surface area contributed by atoms with Crippen LogP contribution in [0, 0.1) is 6.92 Å². The Morgan fingerprint density at radius 1 is 0.605 bits per heavy atom. The van der Waals surface area contributed by atoms with E-state index in [0.717, 1.165) is 51.3 Å². The molecule has 5 aromatic carbocycles. The van der Waals surface area contributed by atoms with E-state index in [1.54, 1.807) is 0 Å². The maximum atomic E-state index is 4.88. The molecule has 0 spiro atoms. The van der Waals surface area contributed by atoms with Crippen molar-refractivity contribution in [3.63, 3.8) is 0 Å².